The number of amides is 2. The molecule has 2 bridgehead atoms. The number of methoxy groups -OCH3 is 2. The zero-order chi connectivity index (χ0) is 30.7. The van der Waals surface area contributed by atoms with E-state index in [2.05, 4.69) is 17.2 Å². The number of nitrogens with two attached hydrogens (primary N) is 1. The van der Waals surface area contributed by atoms with Crippen LogP contribution in [0.2, 0.25) is 0 Å². The lowest BCUT2D eigenvalue weighted by atomic mass is 9.85. The zero-order valence-corrected chi connectivity index (χ0v) is 26.2. The van der Waals surface area contributed by atoms with E-state index in [9.17, 15) is 19.5 Å². The topological polar surface area (TPSA) is 149 Å². The van der Waals surface area contributed by atoms with Gasteiger partial charge in [-0.05, 0) is 43.8 Å². The van der Waals surface area contributed by atoms with E-state index in [1.54, 1.807) is 45.3 Å². The van der Waals surface area contributed by atoms with Crippen molar-refractivity contribution >= 4 is 30.2 Å². The first kappa shape index (κ1) is 36.8. The number of ether oxygens (including phenoxy) is 3. The van der Waals surface area contributed by atoms with Gasteiger partial charge in [-0.2, -0.15) is 0 Å². The van der Waals surface area contributed by atoms with Crippen LogP contribution >= 0.6 is 12.4 Å². The van der Waals surface area contributed by atoms with Crippen molar-refractivity contribution in [2.24, 2.45) is 17.6 Å². The summed E-state index contributed by atoms with van der Waals surface area (Å²) in [7, 11) is 3.02. The lowest BCUT2D eigenvalue weighted by molar-refractivity contribution is -0.116. The Morgan fingerprint density at radius 3 is 2.52 bits per heavy atom. The fourth-order valence-electron chi connectivity index (χ4n) is 5.11. The molecule has 0 aromatic carbocycles. The molecule has 2 aliphatic rings. The van der Waals surface area contributed by atoms with Crippen LogP contribution in [0.15, 0.2) is 71.1 Å². The third-order valence-corrected chi connectivity index (χ3v) is 7.25. The number of aliphatic hydroxyl groups excluding tert-OH is 1. The molecule has 6 unspecified atom stereocenters. The van der Waals surface area contributed by atoms with Gasteiger partial charge < -0.3 is 35.7 Å². The van der Waals surface area contributed by atoms with Crippen LogP contribution in [0.25, 0.3) is 0 Å². The van der Waals surface area contributed by atoms with Crippen LogP contribution in [0.4, 0.5) is 4.79 Å². The molecule has 234 valence electrons. The summed E-state index contributed by atoms with van der Waals surface area (Å²) in [6, 6.07) is 0. The molecule has 11 heteroatoms. The van der Waals surface area contributed by atoms with Gasteiger partial charge in [-0.1, -0.05) is 44.2 Å². The molecule has 2 amide bonds. The summed E-state index contributed by atoms with van der Waals surface area (Å²) in [4.78, 5) is 37.7. The molecule has 2 rings (SSSR count). The number of halogens is 1. The third-order valence-electron chi connectivity index (χ3n) is 7.25. The predicted molar refractivity (Wildman–Crippen MR) is 165 cm³/mol. The average molecular weight is 608 g/mol. The Labute approximate surface area is 255 Å². The highest BCUT2D eigenvalue weighted by molar-refractivity contribution is 6.06. The minimum Gasteiger partial charge on any atom is -0.439 e. The Hall–Kier alpha value is -3.18. The highest BCUT2D eigenvalue weighted by Crippen LogP contribution is 2.30. The molecule has 0 saturated heterocycles. The number of hydrogen-bond acceptors (Lipinski definition) is 8. The summed E-state index contributed by atoms with van der Waals surface area (Å²) in [5.74, 6) is -0.910. The van der Waals surface area contributed by atoms with Gasteiger partial charge >= 0.3 is 6.09 Å². The Morgan fingerprint density at radius 1 is 1.24 bits per heavy atom. The van der Waals surface area contributed by atoms with Gasteiger partial charge in [0, 0.05) is 50.4 Å². The van der Waals surface area contributed by atoms with E-state index >= 15 is 0 Å². The second kappa shape index (κ2) is 17.7. The summed E-state index contributed by atoms with van der Waals surface area (Å²) >= 11 is 0. The van der Waals surface area contributed by atoms with E-state index in [0.717, 1.165) is 5.57 Å². The molecule has 0 fully saturated rings. The number of nitrogens with one attached hydrogen (secondary N) is 2. The van der Waals surface area contributed by atoms with E-state index < -0.39 is 30.5 Å². The largest absolute Gasteiger partial charge is 0.439 e. The smallest absolute Gasteiger partial charge is 0.405 e. The summed E-state index contributed by atoms with van der Waals surface area (Å²) in [6.07, 6.45) is 7.34. The van der Waals surface area contributed by atoms with Gasteiger partial charge in [-0.25, -0.2) is 4.79 Å². The number of carbonyl (C=O) groups excluding carboxylic acids is 3. The predicted octanol–water partition coefficient (Wildman–Crippen LogP) is 3.78. The monoisotopic (exact) mass is 607 g/mol. The number of primary amides is 1. The maximum atomic E-state index is 13.1. The molecule has 5 N–H and O–H groups in total. The molecule has 0 radical (unpaired) electrons. The standard InChI is InChI=1S/C31H45N3O7.ClH/c1-8-12-33-27-22-13-18(2)14-26(40-7)28(36)20(4)15-21(5)29(41-31(32)38)25(39-6)11-9-10-19(3)30(37)34-23(16-22)17-24(27)35;/h8-11,15,17-18,20,25-26,28-29,33,36H,1,12-14,16H2,2-7H3,(H2,32,38)(H,34,37);1H/b11-9-,19-10+,21-15+;. The van der Waals surface area contributed by atoms with Crippen LogP contribution in [0.1, 0.15) is 47.0 Å². The van der Waals surface area contributed by atoms with E-state index in [-0.39, 0.29) is 35.9 Å². The first-order valence-electron chi connectivity index (χ1n) is 13.8. The molecule has 0 saturated carbocycles. The van der Waals surface area contributed by atoms with Gasteiger partial charge in [-0.3, -0.25) is 9.59 Å². The number of allylic oxidation sites excluding steroid dienone is 4. The Balaban J connectivity index is 0.00000882. The molecule has 0 spiro atoms. The quantitative estimate of drug-likeness (QED) is 0.333. The molecule has 1 heterocycles. The summed E-state index contributed by atoms with van der Waals surface area (Å²) in [6.45, 7) is 11.5. The van der Waals surface area contributed by atoms with E-state index in [4.69, 9.17) is 19.9 Å². The van der Waals surface area contributed by atoms with Gasteiger partial charge in [0.2, 0.25) is 5.78 Å². The van der Waals surface area contributed by atoms with Crippen molar-refractivity contribution in [1.82, 2.24) is 10.6 Å². The van der Waals surface area contributed by atoms with E-state index in [1.165, 1.54) is 13.2 Å². The number of hydrogen-bond donors (Lipinski definition) is 4. The van der Waals surface area contributed by atoms with Crippen molar-refractivity contribution in [3.63, 3.8) is 0 Å². The average Bonchev–Trinajstić information content (AvgIpc) is 2.91. The summed E-state index contributed by atoms with van der Waals surface area (Å²) < 4.78 is 16.7. The lowest BCUT2D eigenvalue weighted by Gasteiger charge is -2.30. The second-order valence-electron chi connectivity index (χ2n) is 10.7. The molecule has 1 aliphatic heterocycles. The van der Waals surface area contributed by atoms with Crippen molar-refractivity contribution in [3.8, 4) is 0 Å². The van der Waals surface area contributed by atoms with Crippen LogP contribution in [0.5, 0.6) is 0 Å². The van der Waals surface area contributed by atoms with Crippen LogP contribution in [-0.4, -0.2) is 68.1 Å². The first-order chi connectivity index (χ1) is 19.4. The number of rotatable bonds is 6. The Kier molecular flexibility index (Phi) is 15.5. The number of ketones is 1. The normalized spacial score (nSPS) is 31.3. The minimum absolute atomic E-state index is 0. The SMILES string of the molecule is C=CCNC1=C2CC(=CC1=O)NC(=O)/C(C)=C/C=C\C(OC)C(OC(N)=O)/C(C)=C/C(C)C(O)C(OC)CC(C)C2.Cl. The fourth-order valence-corrected chi connectivity index (χ4v) is 5.11. The number of aliphatic hydroxyl groups is 1. The fraction of sp³-hybridized carbons (Fsp3) is 0.516. The second-order valence-corrected chi connectivity index (χ2v) is 10.7. The molecule has 42 heavy (non-hydrogen) atoms. The van der Waals surface area contributed by atoms with Gasteiger partial charge in [0.15, 0.2) is 6.10 Å². The van der Waals surface area contributed by atoms with Crippen LogP contribution in [-0.2, 0) is 23.8 Å². The first-order valence-corrected chi connectivity index (χ1v) is 13.8. The highest BCUT2D eigenvalue weighted by Gasteiger charge is 2.30. The summed E-state index contributed by atoms with van der Waals surface area (Å²) in [5.41, 5.74) is 8.26. The Bertz CT molecular complexity index is 1140. The van der Waals surface area contributed by atoms with Crippen LogP contribution < -0.4 is 16.4 Å². The van der Waals surface area contributed by atoms with Crippen LogP contribution in [0.3, 0.4) is 0 Å². The molecular weight excluding hydrogens is 562 g/mol. The number of fused-ring (bicyclic) bond motifs is 2. The zero-order valence-electron chi connectivity index (χ0n) is 25.3. The van der Waals surface area contributed by atoms with E-state index in [1.807, 2.05) is 19.9 Å². The van der Waals surface area contributed by atoms with Gasteiger partial charge in [-0.15, -0.1) is 19.0 Å². The van der Waals surface area contributed by atoms with E-state index in [0.29, 0.717) is 48.3 Å². The van der Waals surface area contributed by atoms with Gasteiger partial charge in [0.1, 0.15) is 6.10 Å². The summed E-state index contributed by atoms with van der Waals surface area (Å²) in [5, 5.41) is 17.3. The molecule has 0 aromatic rings. The van der Waals surface area contributed by atoms with Crippen molar-refractivity contribution in [1.29, 1.82) is 0 Å². The third kappa shape index (κ3) is 10.6. The molecule has 1 aliphatic carbocycles. The number of carbonyl (C=O) groups is 3. The van der Waals surface area contributed by atoms with Crippen molar-refractivity contribution in [2.75, 3.05) is 20.8 Å². The minimum atomic E-state index is -0.968. The maximum Gasteiger partial charge on any atom is 0.405 e. The molecule has 0 aromatic heterocycles. The molecular formula is C31H46ClN3O7. The highest BCUT2D eigenvalue weighted by atomic mass is 35.5. The lowest BCUT2D eigenvalue weighted by Crippen LogP contribution is -2.37. The van der Waals surface area contributed by atoms with Crippen molar-refractivity contribution < 1.29 is 33.7 Å². The van der Waals surface area contributed by atoms with Crippen molar-refractivity contribution in [2.45, 2.75) is 71.4 Å². The van der Waals surface area contributed by atoms with Gasteiger partial charge in [0.25, 0.3) is 5.91 Å². The molecule has 6 atom stereocenters. The van der Waals surface area contributed by atoms with Crippen molar-refractivity contribution in [3.05, 3.63) is 71.1 Å². The van der Waals surface area contributed by atoms with Gasteiger partial charge in [0.05, 0.1) is 17.9 Å². The molecule has 10 nitrogen and oxygen atoms in total. The van der Waals surface area contributed by atoms with Crippen LogP contribution in [0, 0.1) is 11.8 Å². The Morgan fingerprint density at radius 2 is 1.93 bits per heavy atom. The maximum absolute atomic E-state index is 13.1.